The van der Waals surface area contributed by atoms with Gasteiger partial charge in [0.2, 0.25) is 0 Å². The minimum Gasteiger partial charge on any atom is -0.465 e. The molecule has 5 rings (SSSR count). The van der Waals surface area contributed by atoms with E-state index in [-0.39, 0.29) is 12.1 Å². The van der Waals surface area contributed by atoms with Gasteiger partial charge in [-0.3, -0.25) is 9.88 Å². The SMILES string of the molecule is COC(=O)c1ccccc1-c1ccc([C@H]2[C@H](c3ccccn3)NC(=S)N2CCN2CCOCC2)o1. The monoisotopic (exact) mass is 492 g/mol. The van der Waals surface area contributed by atoms with Crippen LogP contribution >= 0.6 is 12.2 Å². The van der Waals surface area contributed by atoms with Crippen molar-refractivity contribution in [1.29, 1.82) is 0 Å². The zero-order valence-corrected chi connectivity index (χ0v) is 20.4. The van der Waals surface area contributed by atoms with Gasteiger partial charge in [0.15, 0.2) is 5.11 Å². The summed E-state index contributed by atoms with van der Waals surface area (Å²) in [5.41, 5.74) is 2.04. The maximum atomic E-state index is 12.3. The maximum absolute atomic E-state index is 12.3. The Morgan fingerprint density at radius 2 is 1.91 bits per heavy atom. The summed E-state index contributed by atoms with van der Waals surface area (Å²) in [6, 6.07) is 16.7. The van der Waals surface area contributed by atoms with E-state index in [0.717, 1.165) is 50.8 Å². The number of hydrogen-bond acceptors (Lipinski definition) is 7. The van der Waals surface area contributed by atoms with Crippen molar-refractivity contribution in [3.63, 3.8) is 0 Å². The van der Waals surface area contributed by atoms with Crippen LogP contribution in [-0.2, 0) is 9.47 Å². The molecule has 0 saturated carbocycles. The zero-order valence-electron chi connectivity index (χ0n) is 19.6. The van der Waals surface area contributed by atoms with Crippen molar-refractivity contribution >= 4 is 23.3 Å². The van der Waals surface area contributed by atoms with Gasteiger partial charge in [-0.2, -0.15) is 0 Å². The van der Waals surface area contributed by atoms with E-state index in [4.69, 9.17) is 26.1 Å². The second-order valence-electron chi connectivity index (χ2n) is 8.51. The summed E-state index contributed by atoms with van der Waals surface area (Å²) in [5, 5.41) is 4.13. The number of nitrogens with zero attached hydrogens (tertiary/aromatic N) is 3. The van der Waals surface area contributed by atoms with E-state index in [1.807, 2.05) is 48.5 Å². The molecule has 2 aromatic heterocycles. The molecule has 2 atom stereocenters. The fourth-order valence-corrected chi connectivity index (χ4v) is 5.00. The van der Waals surface area contributed by atoms with Crippen LogP contribution in [0.25, 0.3) is 11.3 Å². The third-order valence-electron chi connectivity index (χ3n) is 6.47. The molecule has 182 valence electrons. The second kappa shape index (κ2) is 10.6. The first-order valence-electron chi connectivity index (χ1n) is 11.7. The molecule has 3 aromatic rings. The molecular weight excluding hydrogens is 464 g/mol. The van der Waals surface area contributed by atoms with Gasteiger partial charge >= 0.3 is 5.97 Å². The van der Waals surface area contributed by atoms with Gasteiger partial charge in [0.25, 0.3) is 0 Å². The van der Waals surface area contributed by atoms with Crippen molar-refractivity contribution in [2.75, 3.05) is 46.5 Å². The molecule has 2 saturated heterocycles. The van der Waals surface area contributed by atoms with E-state index in [0.29, 0.717) is 22.0 Å². The van der Waals surface area contributed by atoms with Crippen LogP contribution in [0.5, 0.6) is 0 Å². The second-order valence-corrected chi connectivity index (χ2v) is 8.90. The first-order chi connectivity index (χ1) is 17.2. The smallest absolute Gasteiger partial charge is 0.338 e. The number of thiocarbonyl (C=S) groups is 1. The topological polar surface area (TPSA) is 80.1 Å². The average Bonchev–Trinajstić information content (AvgIpc) is 3.52. The van der Waals surface area contributed by atoms with E-state index >= 15 is 0 Å². The lowest BCUT2D eigenvalue weighted by atomic mass is 10.0. The molecule has 1 aromatic carbocycles. The Morgan fingerprint density at radius 1 is 1.11 bits per heavy atom. The summed E-state index contributed by atoms with van der Waals surface area (Å²) in [6.45, 7) is 4.95. The highest BCUT2D eigenvalue weighted by atomic mass is 32.1. The fraction of sp³-hybridized carbons (Fsp3) is 0.346. The Bertz CT molecular complexity index is 1180. The van der Waals surface area contributed by atoms with Gasteiger partial charge in [0.05, 0.1) is 37.6 Å². The molecule has 0 amide bonds. The van der Waals surface area contributed by atoms with Crippen LogP contribution in [-0.4, -0.2) is 72.4 Å². The van der Waals surface area contributed by atoms with Crippen LogP contribution in [0.4, 0.5) is 0 Å². The summed E-state index contributed by atoms with van der Waals surface area (Å²) in [6.07, 6.45) is 1.79. The summed E-state index contributed by atoms with van der Waals surface area (Å²) in [5.74, 6) is 0.956. The summed E-state index contributed by atoms with van der Waals surface area (Å²) in [7, 11) is 1.38. The normalized spacial score (nSPS) is 20.6. The Balaban J connectivity index is 1.47. The molecule has 2 aliphatic rings. The molecule has 0 bridgehead atoms. The standard InChI is InChI=1S/C26H28N4O4S/c1-32-25(31)19-7-3-2-6-18(19)21-9-10-22(34-21)24-23(20-8-4-5-11-27-20)28-26(35)30(24)13-12-29-14-16-33-17-15-29/h2-11,23-24H,12-17H2,1H3,(H,28,35)/t23-,24-/m0/s1. The number of ether oxygens (including phenoxy) is 2. The summed E-state index contributed by atoms with van der Waals surface area (Å²) >= 11 is 5.77. The number of carbonyl (C=O) groups excluding carboxylic acids is 1. The molecule has 2 fully saturated rings. The van der Waals surface area contributed by atoms with Gasteiger partial charge in [-0.25, -0.2) is 4.79 Å². The largest absolute Gasteiger partial charge is 0.465 e. The van der Waals surface area contributed by atoms with Gasteiger partial charge in [-0.1, -0.05) is 24.3 Å². The lowest BCUT2D eigenvalue weighted by Crippen LogP contribution is -2.42. The minimum atomic E-state index is -0.402. The summed E-state index contributed by atoms with van der Waals surface area (Å²) in [4.78, 5) is 21.5. The molecule has 8 nitrogen and oxygen atoms in total. The number of esters is 1. The van der Waals surface area contributed by atoms with E-state index in [1.165, 1.54) is 7.11 Å². The number of carbonyl (C=O) groups is 1. The molecule has 0 radical (unpaired) electrons. The van der Waals surface area contributed by atoms with Crippen molar-refractivity contribution in [1.82, 2.24) is 20.1 Å². The third kappa shape index (κ3) is 4.93. The predicted molar refractivity (Wildman–Crippen MR) is 135 cm³/mol. The van der Waals surface area contributed by atoms with E-state index in [2.05, 4.69) is 20.1 Å². The molecule has 0 spiro atoms. The molecule has 1 N–H and O–H groups in total. The Hall–Kier alpha value is -3.27. The van der Waals surface area contributed by atoms with Crippen LogP contribution in [0, 0.1) is 0 Å². The molecule has 0 aliphatic carbocycles. The minimum absolute atomic E-state index is 0.164. The van der Waals surface area contributed by atoms with Gasteiger partial charge < -0.3 is 24.1 Å². The van der Waals surface area contributed by atoms with Crippen molar-refractivity contribution in [2.45, 2.75) is 12.1 Å². The number of aromatic nitrogens is 1. The highest BCUT2D eigenvalue weighted by molar-refractivity contribution is 7.80. The van der Waals surface area contributed by atoms with Gasteiger partial charge in [0.1, 0.15) is 17.6 Å². The number of morpholine rings is 1. The predicted octanol–water partition coefficient (Wildman–Crippen LogP) is 3.43. The maximum Gasteiger partial charge on any atom is 0.338 e. The van der Waals surface area contributed by atoms with Crippen LogP contribution in [0.2, 0.25) is 0 Å². The zero-order chi connectivity index (χ0) is 24.2. The summed E-state index contributed by atoms with van der Waals surface area (Å²) < 4.78 is 16.9. The Morgan fingerprint density at radius 3 is 2.69 bits per heavy atom. The van der Waals surface area contributed by atoms with Gasteiger partial charge in [-0.15, -0.1) is 0 Å². The number of pyridine rings is 1. The van der Waals surface area contributed by atoms with Crippen LogP contribution in [0.1, 0.15) is 33.9 Å². The van der Waals surface area contributed by atoms with Gasteiger partial charge in [0, 0.05) is 37.9 Å². The van der Waals surface area contributed by atoms with Gasteiger partial charge in [-0.05, 0) is 42.5 Å². The number of rotatable bonds is 7. The average molecular weight is 493 g/mol. The molecule has 9 heteroatoms. The number of methoxy groups -OCH3 is 1. The fourth-order valence-electron chi connectivity index (χ4n) is 4.67. The van der Waals surface area contributed by atoms with Crippen molar-refractivity contribution in [3.8, 4) is 11.3 Å². The van der Waals surface area contributed by atoms with E-state index < -0.39 is 5.97 Å². The van der Waals surface area contributed by atoms with Crippen LogP contribution in [0.3, 0.4) is 0 Å². The van der Waals surface area contributed by atoms with Crippen molar-refractivity contribution in [2.24, 2.45) is 0 Å². The molecule has 2 aliphatic heterocycles. The number of nitrogens with one attached hydrogen (secondary N) is 1. The van der Waals surface area contributed by atoms with Crippen LogP contribution < -0.4 is 5.32 Å². The highest BCUT2D eigenvalue weighted by Crippen LogP contribution is 2.40. The lowest BCUT2D eigenvalue weighted by Gasteiger charge is -2.31. The number of benzene rings is 1. The van der Waals surface area contributed by atoms with Crippen molar-refractivity contribution < 1.29 is 18.7 Å². The van der Waals surface area contributed by atoms with Crippen LogP contribution in [0.15, 0.2) is 65.2 Å². The molecular formula is C26H28N4O4S. The molecule has 35 heavy (non-hydrogen) atoms. The quantitative estimate of drug-likeness (QED) is 0.394. The Kier molecular flexibility index (Phi) is 7.08. The molecule has 4 heterocycles. The van der Waals surface area contributed by atoms with E-state index in [9.17, 15) is 4.79 Å². The molecule has 0 unspecified atom stereocenters. The lowest BCUT2D eigenvalue weighted by molar-refractivity contribution is 0.0347. The number of hydrogen-bond donors (Lipinski definition) is 1. The number of furan rings is 1. The Labute approximate surface area is 209 Å². The first kappa shape index (κ1) is 23.5. The van der Waals surface area contributed by atoms with E-state index in [1.54, 1.807) is 12.3 Å². The first-order valence-corrected chi connectivity index (χ1v) is 12.1. The highest BCUT2D eigenvalue weighted by Gasteiger charge is 2.41. The third-order valence-corrected chi connectivity index (χ3v) is 6.83. The van der Waals surface area contributed by atoms with Crippen molar-refractivity contribution in [3.05, 3.63) is 77.8 Å².